The SMILES string of the molecule is CC(=O)N1CCC(NCc2c(Cl)cccc2Cl)CC1. The molecule has 0 bridgehead atoms. The van der Waals surface area contributed by atoms with Gasteiger partial charge >= 0.3 is 0 Å². The van der Waals surface area contributed by atoms with Gasteiger partial charge in [0.1, 0.15) is 0 Å². The van der Waals surface area contributed by atoms with E-state index in [9.17, 15) is 4.79 Å². The van der Waals surface area contributed by atoms with Crippen LogP contribution in [0.1, 0.15) is 25.3 Å². The number of likely N-dealkylation sites (tertiary alicyclic amines) is 1. The molecule has 1 aliphatic heterocycles. The minimum absolute atomic E-state index is 0.160. The molecule has 1 aromatic carbocycles. The van der Waals surface area contributed by atoms with Crippen molar-refractivity contribution in [3.63, 3.8) is 0 Å². The van der Waals surface area contributed by atoms with Crippen LogP contribution in [-0.2, 0) is 11.3 Å². The van der Waals surface area contributed by atoms with Crippen molar-refractivity contribution in [2.24, 2.45) is 0 Å². The number of nitrogens with zero attached hydrogens (tertiary/aromatic N) is 1. The summed E-state index contributed by atoms with van der Waals surface area (Å²) in [6.07, 6.45) is 1.95. The molecule has 0 atom stereocenters. The Morgan fingerprint density at radius 1 is 1.32 bits per heavy atom. The fourth-order valence-electron chi connectivity index (χ4n) is 2.35. The predicted octanol–water partition coefficient (Wildman–Crippen LogP) is 3.09. The lowest BCUT2D eigenvalue weighted by molar-refractivity contribution is -0.129. The second kappa shape index (κ2) is 6.60. The zero-order chi connectivity index (χ0) is 13.8. The number of hydrogen-bond acceptors (Lipinski definition) is 2. The van der Waals surface area contributed by atoms with E-state index in [1.165, 1.54) is 0 Å². The largest absolute Gasteiger partial charge is 0.343 e. The topological polar surface area (TPSA) is 32.3 Å². The molecule has 1 heterocycles. The van der Waals surface area contributed by atoms with Gasteiger partial charge in [-0.25, -0.2) is 0 Å². The Morgan fingerprint density at radius 3 is 2.42 bits per heavy atom. The van der Waals surface area contributed by atoms with Crippen LogP contribution in [0, 0.1) is 0 Å². The number of piperidine rings is 1. The zero-order valence-corrected chi connectivity index (χ0v) is 12.5. The lowest BCUT2D eigenvalue weighted by atomic mass is 10.0. The summed E-state index contributed by atoms with van der Waals surface area (Å²) in [4.78, 5) is 13.1. The van der Waals surface area contributed by atoms with Crippen molar-refractivity contribution in [3.8, 4) is 0 Å². The summed E-state index contributed by atoms with van der Waals surface area (Å²) < 4.78 is 0. The van der Waals surface area contributed by atoms with E-state index < -0.39 is 0 Å². The van der Waals surface area contributed by atoms with E-state index in [-0.39, 0.29) is 5.91 Å². The normalized spacial score (nSPS) is 16.7. The number of amides is 1. The van der Waals surface area contributed by atoms with Gasteiger partial charge in [-0.15, -0.1) is 0 Å². The third-order valence-corrected chi connectivity index (χ3v) is 4.28. The molecule has 1 fully saturated rings. The number of carbonyl (C=O) groups excluding carboxylic acids is 1. The molecule has 1 N–H and O–H groups in total. The van der Waals surface area contributed by atoms with Gasteiger partial charge in [-0.2, -0.15) is 0 Å². The Balaban J connectivity index is 1.86. The molecule has 19 heavy (non-hydrogen) atoms. The minimum Gasteiger partial charge on any atom is -0.343 e. The molecule has 1 aliphatic rings. The minimum atomic E-state index is 0.160. The molecule has 1 amide bonds. The standard InChI is InChI=1S/C14H18Cl2N2O/c1-10(19)18-7-5-11(6-8-18)17-9-12-13(15)3-2-4-14(12)16/h2-4,11,17H,5-9H2,1H3. The maximum Gasteiger partial charge on any atom is 0.219 e. The Hall–Kier alpha value is -0.770. The monoisotopic (exact) mass is 300 g/mol. The zero-order valence-electron chi connectivity index (χ0n) is 11.0. The predicted molar refractivity (Wildman–Crippen MR) is 78.6 cm³/mol. The summed E-state index contributed by atoms with van der Waals surface area (Å²) in [5.74, 6) is 0.160. The third kappa shape index (κ3) is 3.85. The molecule has 2 rings (SSSR count). The summed E-state index contributed by atoms with van der Waals surface area (Å²) in [5, 5.41) is 4.86. The van der Waals surface area contributed by atoms with Crippen molar-refractivity contribution in [3.05, 3.63) is 33.8 Å². The highest BCUT2D eigenvalue weighted by Gasteiger charge is 2.20. The molecule has 0 spiro atoms. The average molecular weight is 301 g/mol. The number of halogens is 2. The maximum atomic E-state index is 11.2. The molecule has 104 valence electrons. The molecule has 1 aromatic rings. The third-order valence-electron chi connectivity index (χ3n) is 3.57. The fourth-order valence-corrected chi connectivity index (χ4v) is 2.88. The van der Waals surface area contributed by atoms with Gasteiger partial charge in [0, 0.05) is 48.2 Å². The van der Waals surface area contributed by atoms with Gasteiger partial charge in [0.05, 0.1) is 0 Å². The molecular formula is C14H18Cl2N2O. The summed E-state index contributed by atoms with van der Waals surface area (Å²) in [6, 6.07) is 5.97. The van der Waals surface area contributed by atoms with Crippen LogP contribution in [0.5, 0.6) is 0 Å². The lowest BCUT2D eigenvalue weighted by Crippen LogP contribution is -2.44. The van der Waals surface area contributed by atoms with E-state index in [1.807, 2.05) is 23.1 Å². The smallest absolute Gasteiger partial charge is 0.219 e. The highest BCUT2D eigenvalue weighted by atomic mass is 35.5. The van der Waals surface area contributed by atoms with Gasteiger partial charge in [-0.05, 0) is 25.0 Å². The molecule has 0 saturated carbocycles. The average Bonchev–Trinajstić information content (AvgIpc) is 2.38. The number of benzene rings is 1. The fraction of sp³-hybridized carbons (Fsp3) is 0.500. The van der Waals surface area contributed by atoms with E-state index >= 15 is 0 Å². The van der Waals surface area contributed by atoms with Gasteiger partial charge in [0.2, 0.25) is 5.91 Å². The summed E-state index contributed by atoms with van der Waals surface area (Å²) in [6.45, 7) is 3.94. The van der Waals surface area contributed by atoms with Crippen molar-refractivity contribution < 1.29 is 4.79 Å². The molecule has 0 radical (unpaired) electrons. The quantitative estimate of drug-likeness (QED) is 0.930. The summed E-state index contributed by atoms with van der Waals surface area (Å²) in [7, 11) is 0. The lowest BCUT2D eigenvalue weighted by Gasteiger charge is -2.32. The van der Waals surface area contributed by atoms with E-state index in [0.717, 1.165) is 31.5 Å². The van der Waals surface area contributed by atoms with Gasteiger partial charge in [-0.1, -0.05) is 29.3 Å². The van der Waals surface area contributed by atoms with Gasteiger partial charge in [-0.3, -0.25) is 4.79 Å². The van der Waals surface area contributed by atoms with Crippen LogP contribution in [0.2, 0.25) is 10.0 Å². The molecule has 3 nitrogen and oxygen atoms in total. The van der Waals surface area contributed by atoms with Crippen LogP contribution < -0.4 is 5.32 Å². The first-order chi connectivity index (χ1) is 9.08. The van der Waals surface area contributed by atoms with Crippen molar-refractivity contribution in [1.82, 2.24) is 10.2 Å². The molecular weight excluding hydrogens is 283 g/mol. The van der Waals surface area contributed by atoms with Gasteiger partial charge in [0.15, 0.2) is 0 Å². The number of hydrogen-bond donors (Lipinski definition) is 1. The molecule has 0 aromatic heterocycles. The number of nitrogens with one attached hydrogen (secondary N) is 1. The first kappa shape index (κ1) is 14.6. The highest BCUT2D eigenvalue weighted by Crippen LogP contribution is 2.24. The van der Waals surface area contributed by atoms with Crippen LogP contribution in [0.25, 0.3) is 0 Å². The first-order valence-electron chi connectivity index (χ1n) is 6.49. The van der Waals surface area contributed by atoms with Crippen molar-refractivity contribution in [2.45, 2.75) is 32.4 Å². The van der Waals surface area contributed by atoms with Crippen molar-refractivity contribution in [2.75, 3.05) is 13.1 Å². The molecule has 0 unspecified atom stereocenters. The van der Waals surface area contributed by atoms with E-state index in [1.54, 1.807) is 6.92 Å². The van der Waals surface area contributed by atoms with Crippen molar-refractivity contribution >= 4 is 29.1 Å². The van der Waals surface area contributed by atoms with Crippen molar-refractivity contribution in [1.29, 1.82) is 0 Å². The Bertz CT molecular complexity index is 437. The van der Waals surface area contributed by atoms with Gasteiger partial charge in [0.25, 0.3) is 0 Å². The van der Waals surface area contributed by atoms with Crippen LogP contribution in [0.15, 0.2) is 18.2 Å². The first-order valence-corrected chi connectivity index (χ1v) is 7.25. The van der Waals surface area contributed by atoms with Gasteiger partial charge < -0.3 is 10.2 Å². The summed E-state index contributed by atoms with van der Waals surface area (Å²) >= 11 is 12.3. The van der Waals surface area contributed by atoms with Crippen LogP contribution in [-0.4, -0.2) is 29.9 Å². The second-order valence-corrected chi connectivity index (χ2v) is 5.68. The van der Waals surface area contributed by atoms with Crippen LogP contribution in [0.3, 0.4) is 0 Å². The highest BCUT2D eigenvalue weighted by molar-refractivity contribution is 6.35. The second-order valence-electron chi connectivity index (χ2n) is 4.86. The number of carbonyl (C=O) groups is 1. The van der Waals surface area contributed by atoms with E-state index in [4.69, 9.17) is 23.2 Å². The Morgan fingerprint density at radius 2 is 1.89 bits per heavy atom. The van der Waals surface area contributed by atoms with Crippen LogP contribution in [0.4, 0.5) is 0 Å². The van der Waals surface area contributed by atoms with E-state index in [0.29, 0.717) is 22.6 Å². The molecule has 5 heteroatoms. The molecule has 0 aliphatic carbocycles. The molecule has 1 saturated heterocycles. The van der Waals surface area contributed by atoms with E-state index in [2.05, 4.69) is 5.32 Å². The maximum absolute atomic E-state index is 11.2. The Kier molecular flexibility index (Phi) is 5.08. The Labute approximate surface area is 123 Å². The number of rotatable bonds is 3. The summed E-state index contributed by atoms with van der Waals surface area (Å²) in [5.41, 5.74) is 0.944. The van der Waals surface area contributed by atoms with Crippen LogP contribution >= 0.6 is 23.2 Å².